The summed E-state index contributed by atoms with van der Waals surface area (Å²) in [5, 5.41) is 9.58. The average molecular weight is 210 g/mol. The number of allylic oxidation sites excluding steroid dienone is 1. The van der Waals surface area contributed by atoms with Gasteiger partial charge in [0.2, 0.25) is 0 Å². The number of carboxylic acid groups (broad SMARTS) is 1. The van der Waals surface area contributed by atoms with Crippen molar-refractivity contribution >= 4 is 5.97 Å². The first kappa shape index (κ1) is 12.3. The van der Waals surface area contributed by atoms with Crippen LogP contribution in [0.25, 0.3) is 0 Å². The van der Waals surface area contributed by atoms with E-state index in [9.17, 15) is 9.90 Å². The molecule has 2 nitrogen and oxygen atoms in total. The molecule has 0 heterocycles. The molecule has 2 heteroatoms. The lowest BCUT2D eigenvalue weighted by atomic mass is 9.54. The summed E-state index contributed by atoms with van der Waals surface area (Å²) in [6.07, 6.45) is 2.68. The van der Waals surface area contributed by atoms with E-state index in [2.05, 4.69) is 20.8 Å². The molecule has 1 N–H and O–H groups in total. The largest absolute Gasteiger partial charge is 0.481 e. The van der Waals surface area contributed by atoms with E-state index in [4.69, 9.17) is 0 Å². The molecule has 1 aliphatic rings. The first-order valence-corrected chi connectivity index (χ1v) is 5.70. The van der Waals surface area contributed by atoms with Crippen LogP contribution in [0, 0.1) is 10.8 Å². The molecule has 1 aliphatic carbocycles. The van der Waals surface area contributed by atoms with Gasteiger partial charge in [-0.3, -0.25) is 4.79 Å². The second-order valence-electron chi connectivity index (χ2n) is 5.35. The van der Waals surface area contributed by atoms with Gasteiger partial charge in [0.1, 0.15) is 0 Å². The van der Waals surface area contributed by atoms with E-state index in [0.717, 1.165) is 18.4 Å². The summed E-state index contributed by atoms with van der Waals surface area (Å²) in [6, 6.07) is 0. The predicted octanol–water partition coefficient (Wildman–Crippen LogP) is 3.62. The SMILES string of the molecule is CCC1(C(=O)O)C(C)=C(C)CCC1(C)C. The van der Waals surface area contributed by atoms with Crippen molar-refractivity contribution in [1.29, 1.82) is 0 Å². The van der Waals surface area contributed by atoms with Crippen molar-refractivity contribution in [2.45, 2.75) is 53.9 Å². The Hall–Kier alpha value is -0.790. The maximum Gasteiger partial charge on any atom is 0.314 e. The number of carbonyl (C=O) groups is 1. The number of carboxylic acids is 1. The maximum absolute atomic E-state index is 11.6. The molecule has 86 valence electrons. The number of hydrogen-bond acceptors (Lipinski definition) is 1. The highest BCUT2D eigenvalue weighted by molar-refractivity contribution is 5.80. The molecule has 0 aromatic heterocycles. The van der Waals surface area contributed by atoms with Crippen molar-refractivity contribution < 1.29 is 9.90 Å². The highest BCUT2D eigenvalue weighted by Gasteiger charge is 2.53. The van der Waals surface area contributed by atoms with Crippen molar-refractivity contribution in [3.63, 3.8) is 0 Å². The molecule has 0 radical (unpaired) electrons. The molecule has 0 saturated heterocycles. The standard InChI is InChI=1S/C13H22O2/c1-6-13(11(14)15)10(3)9(2)7-8-12(13,4)5/h6-8H2,1-5H3,(H,14,15). The van der Waals surface area contributed by atoms with Crippen molar-refractivity contribution in [3.05, 3.63) is 11.1 Å². The summed E-state index contributed by atoms with van der Waals surface area (Å²) < 4.78 is 0. The van der Waals surface area contributed by atoms with E-state index in [1.54, 1.807) is 0 Å². The molecule has 1 rings (SSSR count). The van der Waals surface area contributed by atoms with Gasteiger partial charge in [0, 0.05) is 0 Å². The van der Waals surface area contributed by atoms with Crippen LogP contribution in [0.3, 0.4) is 0 Å². The third kappa shape index (κ3) is 1.51. The second-order valence-corrected chi connectivity index (χ2v) is 5.35. The van der Waals surface area contributed by atoms with Gasteiger partial charge in [-0.15, -0.1) is 0 Å². The Morgan fingerprint density at radius 2 is 1.93 bits per heavy atom. The van der Waals surface area contributed by atoms with Gasteiger partial charge in [-0.1, -0.05) is 31.9 Å². The van der Waals surface area contributed by atoms with E-state index in [0.29, 0.717) is 6.42 Å². The summed E-state index contributed by atoms with van der Waals surface area (Å²) in [4.78, 5) is 11.6. The minimum absolute atomic E-state index is 0.142. The van der Waals surface area contributed by atoms with Gasteiger partial charge in [0.15, 0.2) is 0 Å². The van der Waals surface area contributed by atoms with Gasteiger partial charge < -0.3 is 5.11 Å². The van der Waals surface area contributed by atoms with E-state index in [1.165, 1.54) is 5.57 Å². The lowest BCUT2D eigenvalue weighted by Crippen LogP contribution is -2.47. The summed E-state index contributed by atoms with van der Waals surface area (Å²) in [5.41, 5.74) is 1.54. The maximum atomic E-state index is 11.6. The van der Waals surface area contributed by atoms with Crippen LogP contribution in [-0.4, -0.2) is 11.1 Å². The molecule has 1 unspecified atom stereocenters. The minimum atomic E-state index is -0.661. The van der Waals surface area contributed by atoms with Crippen LogP contribution in [0.2, 0.25) is 0 Å². The molecule has 0 fully saturated rings. The Balaban J connectivity index is 3.41. The summed E-state index contributed by atoms with van der Waals surface area (Å²) in [5.74, 6) is -0.661. The Bertz CT molecular complexity index is 312. The molecular formula is C13H22O2. The van der Waals surface area contributed by atoms with E-state index in [1.807, 2.05) is 13.8 Å². The van der Waals surface area contributed by atoms with Gasteiger partial charge in [0.25, 0.3) is 0 Å². The second kappa shape index (κ2) is 3.66. The van der Waals surface area contributed by atoms with Crippen molar-refractivity contribution in [2.24, 2.45) is 10.8 Å². The molecule has 0 aromatic rings. The van der Waals surface area contributed by atoms with Gasteiger partial charge >= 0.3 is 5.97 Å². The fourth-order valence-corrected chi connectivity index (χ4v) is 3.12. The van der Waals surface area contributed by atoms with Crippen molar-refractivity contribution in [2.75, 3.05) is 0 Å². The first-order valence-electron chi connectivity index (χ1n) is 5.70. The molecular weight excluding hydrogens is 188 g/mol. The summed E-state index contributed by atoms with van der Waals surface area (Å²) in [7, 11) is 0. The van der Waals surface area contributed by atoms with Crippen LogP contribution < -0.4 is 0 Å². The van der Waals surface area contributed by atoms with Crippen molar-refractivity contribution in [3.8, 4) is 0 Å². The van der Waals surface area contributed by atoms with Crippen LogP contribution >= 0.6 is 0 Å². The molecule has 0 bridgehead atoms. The molecule has 0 spiro atoms. The number of rotatable bonds is 2. The van der Waals surface area contributed by atoms with Crippen LogP contribution in [0.15, 0.2) is 11.1 Å². The number of aliphatic carboxylic acids is 1. The van der Waals surface area contributed by atoms with E-state index in [-0.39, 0.29) is 5.41 Å². The smallest absolute Gasteiger partial charge is 0.314 e. The Labute approximate surface area is 92.4 Å². The normalized spacial score (nSPS) is 30.5. The fourth-order valence-electron chi connectivity index (χ4n) is 3.12. The average Bonchev–Trinajstić information content (AvgIpc) is 2.13. The van der Waals surface area contributed by atoms with Gasteiger partial charge in [-0.2, -0.15) is 0 Å². The zero-order valence-electron chi connectivity index (χ0n) is 10.5. The first-order chi connectivity index (χ1) is 6.79. The Kier molecular flexibility index (Phi) is 2.99. The molecule has 0 aromatic carbocycles. The topological polar surface area (TPSA) is 37.3 Å². The highest BCUT2D eigenvalue weighted by Crippen LogP contribution is 2.55. The van der Waals surface area contributed by atoms with E-state index < -0.39 is 11.4 Å². The Morgan fingerprint density at radius 3 is 2.27 bits per heavy atom. The van der Waals surface area contributed by atoms with Gasteiger partial charge in [-0.25, -0.2) is 0 Å². The monoisotopic (exact) mass is 210 g/mol. The fraction of sp³-hybridized carbons (Fsp3) is 0.769. The van der Waals surface area contributed by atoms with Gasteiger partial charge in [0.05, 0.1) is 5.41 Å². The lowest BCUT2D eigenvalue weighted by molar-refractivity contribution is -0.154. The Morgan fingerprint density at radius 1 is 1.40 bits per heavy atom. The van der Waals surface area contributed by atoms with Crippen LogP contribution in [0.4, 0.5) is 0 Å². The highest BCUT2D eigenvalue weighted by atomic mass is 16.4. The summed E-state index contributed by atoms with van der Waals surface area (Å²) >= 11 is 0. The zero-order valence-corrected chi connectivity index (χ0v) is 10.5. The predicted molar refractivity (Wildman–Crippen MR) is 61.7 cm³/mol. The number of hydrogen-bond donors (Lipinski definition) is 1. The zero-order chi connectivity index (χ0) is 11.9. The molecule has 15 heavy (non-hydrogen) atoms. The third-order valence-corrected chi connectivity index (χ3v) is 4.46. The summed E-state index contributed by atoms with van der Waals surface area (Å²) in [6.45, 7) is 10.2. The molecule has 1 atom stereocenters. The third-order valence-electron chi connectivity index (χ3n) is 4.46. The van der Waals surface area contributed by atoms with Gasteiger partial charge in [-0.05, 0) is 38.5 Å². The lowest BCUT2D eigenvalue weighted by Gasteiger charge is -2.48. The van der Waals surface area contributed by atoms with E-state index >= 15 is 0 Å². The molecule has 0 saturated carbocycles. The molecule has 0 aliphatic heterocycles. The van der Waals surface area contributed by atoms with Crippen LogP contribution in [0.5, 0.6) is 0 Å². The quantitative estimate of drug-likeness (QED) is 0.707. The van der Waals surface area contributed by atoms with Crippen molar-refractivity contribution in [1.82, 2.24) is 0 Å². The minimum Gasteiger partial charge on any atom is -0.481 e. The van der Waals surface area contributed by atoms with Crippen LogP contribution in [0.1, 0.15) is 53.9 Å². The van der Waals surface area contributed by atoms with Crippen LogP contribution in [-0.2, 0) is 4.79 Å². The molecule has 0 amide bonds.